The van der Waals surface area contributed by atoms with E-state index in [1.54, 1.807) is 0 Å². The lowest BCUT2D eigenvalue weighted by Crippen LogP contribution is -2.53. The van der Waals surface area contributed by atoms with E-state index in [0.29, 0.717) is 38.1 Å². The Morgan fingerprint density at radius 2 is 1.30 bits per heavy atom. The predicted octanol–water partition coefficient (Wildman–Crippen LogP) is 6.47. The maximum atomic E-state index is 12.5. The van der Waals surface area contributed by atoms with Crippen LogP contribution in [0.2, 0.25) is 0 Å². The van der Waals surface area contributed by atoms with Crippen LogP contribution < -0.4 is 14.4 Å². The molecule has 2 aliphatic rings. The monoisotopic (exact) mass is 717 g/mol. The van der Waals surface area contributed by atoms with E-state index in [1.165, 1.54) is 5.69 Å². The molecular weight excluding hydrogens is 667 g/mol. The van der Waals surface area contributed by atoms with Crippen LogP contribution in [0.1, 0.15) is 31.9 Å². The number of rotatable bonds is 11. The van der Waals surface area contributed by atoms with E-state index >= 15 is 0 Å². The Kier molecular flexibility index (Phi) is 11.1. The third-order valence-electron chi connectivity index (χ3n) is 9.85. The molecule has 2 aromatic heterocycles. The second-order valence-corrected chi connectivity index (χ2v) is 14.8. The summed E-state index contributed by atoms with van der Waals surface area (Å²) >= 11 is 0. The number of hydrogen-bond donors (Lipinski definition) is 0. The highest BCUT2D eigenvalue weighted by atomic mass is 16.6. The Labute approximate surface area is 312 Å². The van der Waals surface area contributed by atoms with E-state index in [0.717, 1.165) is 85.6 Å². The van der Waals surface area contributed by atoms with Crippen molar-refractivity contribution < 1.29 is 19.0 Å². The first-order valence-corrected chi connectivity index (χ1v) is 18.7. The number of ether oxygens (including phenoxy) is 3. The van der Waals surface area contributed by atoms with Crippen LogP contribution in [-0.2, 0) is 25.0 Å². The zero-order chi connectivity index (χ0) is 36.8. The summed E-state index contributed by atoms with van der Waals surface area (Å²) in [6, 6.07) is 30.6. The van der Waals surface area contributed by atoms with Crippen molar-refractivity contribution in [2.24, 2.45) is 7.05 Å². The fraction of sp³-hybridized carbons (Fsp3) is 0.405. The van der Waals surface area contributed by atoms with E-state index in [1.807, 2.05) is 110 Å². The molecule has 1 amide bonds. The third kappa shape index (κ3) is 9.09. The number of hydrogen-bond acceptors (Lipinski definition) is 9. The largest absolute Gasteiger partial charge is 0.473 e. The lowest BCUT2D eigenvalue weighted by atomic mass is 10.1. The van der Waals surface area contributed by atoms with E-state index in [2.05, 4.69) is 32.9 Å². The van der Waals surface area contributed by atoms with Crippen molar-refractivity contribution in [2.45, 2.75) is 39.6 Å². The maximum Gasteiger partial charge on any atom is 0.410 e. The smallest absolute Gasteiger partial charge is 0.410 e. The van der Waals surface area contributed by atoms with Gasteiger partial charge in [-0.3, -0.25) is 14.5 Å². The lowest BCUT2D eigenvalue weighted by Gasteiger charge is -2.39. The van der Waals surface area contributed by atoms with Crippen LogP contribution in [0.25, 0.3) is 22.2 Å². The molecule has 0 atom stereocenters. The van der Waals surface area contributed by atoms with Crippen LogP contribution in [0.4, 0.5) is 10.5 Å². The average molecular weight is 718 g/mol. The highest BCUT2D eigenvalue weighted by Crippen LogP contribution is 2.38. The van der Waals surface area contributed by atoms with Crippen LogP contribution in [-0.4, -0.2) is 107 Å². The first kappa shape index (κ1) is 36.2. The molecule has 7 rings (SSSR count). The molecule has 5 aromatic rings. The van der Waals surface area contributed by atoms with Gasteiger partial charge in [0.2, 0.25) is 11.8 Å². The number of nitrogens with zero attached hydrogens (tertiary/aromatic N) is 7. The number of piperazine rings is 2. The highest BCUT2D eigenvalue weighted by Gasteiger charge is 2.27. The second-order valence-electron chi connectivity index (χ2n) is 14.8. The molecule has 0 saturated carbocycles. The van der Waals surface area contributed by atoms with Crippen molar-refractivity contribution in [3.05, 3.63) is 102 Å². The summed E-state index contributed by atoms with van der Waals surface area (Å²) in [5, 5.41) is 6.12. The van der Waals surface area contributed by atoms with Gasteiger partial charge in [0.15, 0.2) is 0 Å². The Morgan fingerprint density at radius 3 is 1.92 bits per heavy atom. The van der Waals surface area contributed by atoms with Crippen LogP contribution in [0.3, 0.4) is 0 Å². The number of para-hydroxylation sites is 1. The molecule has 3 aromatic carbocycles. The zero-order valence-corrected chi connectivity index (χ0v) is 31.4. The zero-order valence-electron chi connectivity index (χ0n) is 31.4. The number of pyridine rings is 1. The molecule has 0 unspecified atom stereocenters. The maximum absolute atomic E-state index is 12.5. The molecule has 11 heteroatoms. The number of anilines is 1. The number of carbonyl (C=O) groups is 1. The predicted molar refractivity (Wildman–Crippen MR) is 208 cm³/mol. The SMILES string of the molecule is Cn1nc(-c2ccc(OCc3ccccc3)nc2OCc2ccccc2)c2cccc(N3CCN(CCN4CCN(C(=O)OC(C)(C)C)CC4)CC3)c21. The number of aryl methyl sites for hydroxylation is 1. The van der Waals surface area contributed by atoms with E-state index in [4.69, 9.17) is 24.3 Å². The van der Waals surface area contributed by atoms with Gasteiger partial charge in [-0.2, -0.15) is 10.1 Å². The van der Waals surface area contributed by atoms with Crippen LogP contribution >= 0.6 is 0 Å². The number of benzene rings is 3. The molecule has 2 aliphatic heterocycles. The fourth-order valence-corrected chi connectivity index (χ4v) is 7.00. The molecule has 2 fully saturated rings. The van der Waals surface area contributed by atoms with E-state index in [9.17, 15) is 4.79 Å². The molecule has 2 saturated heterocycles. The number of carbonyl (C=O) groups excluding carboxylic acids is 1. The van der Waals surface area contributed by atoms with Crippen molar-refractivity contribution in [1.29, 1.82) is 0 Å². The summed E-state index contributed by atoms with van der Waals surface area (Å²) in [5.41, 5.74) is 5.60. The molecule has 0 aliphatic carbocycles. The van der Waals surface area contributed by atoms with Crippen LogP contribution in [0.15, 0.2) is 91.0 Å². The lowest BCUT2D eigenvalue weighted by molar-refractivity contribution is 0.0138. The normalized spacial score (nSPS) is 15.8. The highest BCUT2D eigenvalue weighted by molar-refractivity contribution is 6.01. The minimum absolute atomic E-state index is 0.209. The van der Waals surface area contributed by atoms with E-state index in [-0.39, 0.29) is 6.09 Å². The Bertz CT molecular complexity index is 1960. The molecule has 4 heterocycles. The van der Waals surface area contributed by atoms with Gasteiger partial charge in [0.1, 0.15) is 24.5 Å². The number of fused-ring (bicyclic) bond motifs is 1. The first-order valence-electron chi connectivity index (χ1n) is 18.7. The summed E-state index contributed by atoms with van der Waals surface area (Å²) in [6.07, 6.45) is -0.209. The van der Waals surface area contributed by atoms with Crippen molar-refractivity contribution >= 4 is 22.7 Å². The quantitative estimate of drug-likeness (QED) is 0.153. The second kappa shape index (κ2) is 16.3. The van der Waals surface area contributed by atoms with Gasteiger partial charge in [-0.15, -0.1) is 0 Å². The summed E-state index contributed by atoms with van der Waals surface area (Å²) in [4.78, 5) is 26.6. The van der Waals surface area contributed by atoms with Gasteiger partial charge in [-0.1, -0.05) is 72.8 Å². The van der Waals surface area contributed by atoms with Crippen molar-refractivity contribution in [3.63, 3.8) is 0 Å². The molecule has 53 heavy (non-hydrogen) atoms. The Balaban J connectivity index is 1.02. The summed E-state index contributed by atoms with van der Waals surface area (Å²) in [7, 11) is 2.02. The molecule has 0 bridgehead atoms. The van der Waals surface area contributed by atoms with Gasteiger partial charge < -0.3 is 24.0 Å². The van der Waals surface area contributed by atoms with Crippen molar-refractivity contribution in [3.8, 4) is 23.0 Å². The molecule has 0 spiro atoms. The minimum atomic E-state index is -0.468. The summed E-state index contributed by atoms with van der Waals surface area (Å²) < 4.78 is 20.1. The van der Waals surface area contributed by atoms with Gasteiger partial charge in [-0.25, -0.2) is 4.79 Å². The minimum Gasteiger partial charge on any atom is -0.473 e. The van der Waals surface area contributed by atoms with Crippen LogP contribution in [0, 0.1) is 0 Å². The summed E-state index contributed by atoms with van der Waals surface area (Å²) in [6.45, 7) is 15.6. The first-order chi connectivity index (χ1) is 25.7. The van der Waals surface area contributed by atoms with Gasteiger partial charge in [0.25, 0.3) is 0 Å². The van der Waals surface area contributed by atoms with Gasteiger partial charge in [0.05, 0.1) is 16.8 Å². The number of aromatic nitrogens is 3. The average Bonchev–Trinajstić information content (AvgIpc) is 3.52. The van der Waals surface area contributed by atoms with Gasteiger partial charge >= 0.3 is 6.09 Å². The fourth-order valence-electron chi connectivity index (χ4n) is 7.00. The number of amides is 1. The third-order valence-corrected chi connectivity index (χ3v) is 9.85. The Hall–Kier alpha value is -5.13. The van der Waals surface area contributed by atoms with E-state index < -0.39 is 5.60 Å². The van der Waals surface area contributed by atoms with Crippen molar-refractivity contribution in [1.82, 2.24) is 29.5 Å². The molecule has 278 valence electrons. The topological polar surface area (TPSA) is 88.4 Å². The molecule has 0 N–H and O–H groups in total. The molecule has 11 nitrogen and oxygen atoms in total. The van der Waals surface area contributed by atoms with Gasteiger partial charge in [0, 0.05) is 83.9 Å². The molecular formula is C42H51N7O4. The van der Waals surface area contributed by atoms with Crippen LogP contribution in [0.5, 0.6) is 11.8 Å². The van der Waals surface area contributed by atoms with Crippen molar-refractivity contribution in [2.75, 3.05) is 70.3 Å². The van der Waals surface area contributed by atoms with Gasteiger partial charge in [-0.05, 0) is 44.0 Å². The standard InChI is InChI=1S/C42H51N7O4/c1-42(2,3)53-41(50)49-28-24-47(25-29-49)21-20-46-22-26-48(27-23-46)36-17-11-16-34-38(44-45(4)39(34)36)35-18-19-37(51-30-32-12-7-5-8-13-32)43-40(35)52-31-33-14-9-6-10-15-33/h5-19H,20-31H2,1-4H3. The summed E-state index contributed by atoms with van der Waals surface area (Å²) in [5.74, 6) is 0.993. The Morgan fingerprint density at radius 1 is 0.698 bits per heavy atom. The molecule has 0 radical (unpaired) electrons.